The second kappa shape index (κ2) is 4.94. The number of rotatable bonds is 0. The fourth-order valence-corrected chi connectivity index (χ4v) is 7.65. The minimum atomic E-state index is 0.243. The molecule has 4 aliphatic carbocycles. The zero-order valence-corrected chi connectivity index (χ0v) is 14.6. The van der Waals surface area contributed by atoms with E-state index in [1.807, 2.05) is 0 Å². The molecule has 0 aromatic heterocycles. The zero-order chi connectivity index (χ0) is 15.7. The summed E-state index contributed by atoms with van der Waals surface area (Å²) in [5.41, 5.74) is 3.21. The number of nitrogens with one attached hydrogen (secondary N) is 1. The summed E-state index contributed by atoms with van der Waals surface area (Å²) in [6.07, 6.45) is 15.3. The van der Waals surface area contributed by atoms with E-state index in [0.29, 0.717) is 5.41 Å². The van der Waals surface area contributed by atoms with Crippen molar-refractivity contribution in [1.82, 2.24) is 0 Å². The molecule has 0 aromatic rings. The number of ether oxygens (including phenoxy) is 1. The molecule has 5 rings (SSSR count). The molecule has 0 bridgehead atoms. The lowest BCUT2D eigenvalue weighted by atomic mass is 9.50. The molecule has 126 valence electrons. The predicted octanol–water partition coefficient (Wildman–Crippen LogP) is 5.13. The minimum absolute atomic E-state index is 0.243. The number of hydrogen-bond donors (Lipinski definition) is 1. The van der Waals surface area contributed by atoms with E-state index in [0.717, 1.165) is 42.4 Å². The van der Waals surface area contributed by atoms with Crippen molar-refractivity contribution in [2.75, 3.05) is 6.61 Å². The quantitative estimate of drug-likeness (QED) is 0.661. The first-order valence-electron chi connectivity index (χ1n) is 10.0. The first-order valence-corrected chi connectivity index (χ1v) is 10.0. The van der Waals surface area contributed by atoms with Crippen molar-refractivity contribution in [3.05, 3.63) is 11.6 Å². The standard InChI is InChI=1S/C21H31NO/c1-20-10-7-17-16-6-4-15(22)13-14(16)3-5-18(17)19(20)8-11-21(20)9-2-12-23-21/h13,16-19,22H,2-12H2,1H3/t16-,17?,18?,19?,20-,21-/m0/s1. The Morgan fingerprint density at radius 2 is 1.96 bits per heavy atom. The summed E-state index contributed by atoms with van der Waals surface area (Å²) in [7, 11) is 0. The van der Waals surface area contributed by atoms with E-state index >= 15 is 0 Å². The lowest BCUT2D eigenvalue weighted by Gasteiger charge is -2.56. The van der Waals surface area contributed by atoms with Crippen molar-refractivity contribution in [3.63, 3.8) is 0 Å². The molecule has 0 amide bonds. The molecule has 0 aromatic carbocycles. The van der Waals surface area contributed by atoms with Gasteiger partial charge in [-0.2, -0.15) is 0 Å². The molecule has 2 heteroatoms. The third kappa shape index (κ3) is 1.88. The van der Waals surface area contributed by atoms with Gasteiger partial charge in [0.05, 0.1) is 5.60 Å². The Bertz CT molecular complexity index is 558. The summed E-state index contributed by atoms with van der Waals surface area (Å²) < 4.78 is 6.43. The minimum Gasteiger partial charge on any atom is -0.374 e. The highest BCUT2D eigenvalue weighted by molar-refractivity contribution is 5.93. The highest BCUT2D eigenvalue weighted by Gasteiger charge is 2.63. The summed E-state index contributed by atoms with van der Waals surface area (Å²) in [5.74, 6) is 3.57. The number of fused-ring (bicyclic) bond motifs is 6. The van der Waals surface area contributed by atoms with Crippen LogP contribution in [-0.2, 0) is 4.74 Å². The van der Waals surface area contributed by atoms with Gasteiger partial charge < -0.3 is 10.1 Å². The highest BCUT2D eigenvalue weighted by atomic mass is 16.5. The first-order chi connectivity index (χ1) is 11.1. The predicted molar refractivity (Wildman–Crippen MR) is 92.7 cm³/mol. The Morgan fingerprint density at radius 1 is 1.04 bits per heavy atom. The van der Waals surface area contributed by atoms with Crippen LogP contribution in [0.5, 0.6) is 0 Å². The van der Waals surface area contributed by atoms with Crippen LogP contribution in [0.1, 0.15) is 71.1 Å². The molecule has 6 atom stereocenters. The molecule has 3 unspecified atom stereocenters. The molecule has 1 N–H and O–H groups in total. The lowest BCUT2D eigenvalue weighted by Crippen LogP contribution is -2.52. The van der Waals surface area contributed by atoms with Gasteiger partial charge in [0.15, 0.2) is 0 Å². The number of allylic oxidation sites excluding steroid dienone is 2. The van der Waals surface area contributed by atoms with Gasteiger partial charge in [0.2, 0.25) is 0 Å². The third-order valence-corrected chi connectivity index (χ3v) is 8.73. The van der Waals surface area contributed by atoms with Gasteiger partial charge in [0, 0.05) is 12.3 Å². The van der Waals surface area contributed by atoms with E-state index in [9.17, 15) is 0 Å². The van der Waals surface area contributed by atoms with Gasteiger partial charge in [-0.1, -0.05) is 12.5 Å². The van der Waals surface area contributed by atoms with Crippen molar-refractivity contribution < 1.29 is 4.74 Å². The van der Waals surface area contributed by atoms with Gasteiger partial charge >= 0.3 is 0 Å². The van der Waals surface area contributed by atoms with Gasteiger partial charge in [-0.15, -0.1) is 0 Å². The van der Waals surface area contributed by atoms with E-state index in [1.54, 1.807) is 5.57 Å². The van der Waals surface area contributed by atoms with Crippen LogP contribution >= 0.6 is 0 Å². The van der Waals surface area contributed by atoms with E-state index in [1.165, 1.54) is 57.8 Å². The summed E-state index contributed by atoms with van der Waals surface area (Å²) in [6, 6.07) is 0. The highest BCUT2D eigenvalue weighted by Crippen LogP contribution is 2.67. The summed E-state index contributed by atoms with van der Waals surface area (Å²) >= 11 is 0. The molecule has 4 fully saturated rings. The Balaban J connectivity index is 1.46. The van der Waals surface area contributed by atoms with Crippen molar-refractivity contribution in [2.45, 2.75) is 76.7 Å². The van der Waals surface area contributed by atoms with Crippen molar-refractivity contribution in [2.24, 2.45) is 29.1 Å². The maximum atomic E-state index is 8.01. The third-order valence-electron chi connectivity index (χ3n) is 8.73. The Kier molecular flexibility index (Phi) is 3.15. The summed E-state index contributed by atoms with van der Waals surface area (Å²) in [4.78, 5) is 0. The molecule has 1 spiro atoms. The van der Waals surface area contributed by atoms with Crippen LogP contribution in [-0.4, -0.2) is 17.9 Å². The maximum absolute atomic E-state index is 8.01. The van der Waals surface area contributed by atoms with Crippen LogP contribution in [0.25, 0.3) is 0 Å². The van der Waals surface area contributed by atoms with Crippen LogP contribution in [0.4, 0.5) is 0 Å². The van der Waals surface area contributed by atoms with Crippen LogP contribution < -0.4 is 0 Å². The van der Waals surface area contributed by atoms with Gasteiger partial charge in [0.1, 0.15) is 0 Å². The van der Waals surface area contributed by atoms with E-state index in [4.69, 9.17) is 10.1 Å². The van der Waals surface area contributed by atoms with Crippen molar-refractivity contribution >= 4 is 5.71 Å². The Labute approximate surface area is 140 Å². The molecule has 5 aliphatic rings. The first kappa shape index (κ1) is 14.7. The van der Waals surface area contributed by atoms with Crippen LogP contribution in [0, 0.1) is 34.5 Å². The molecule has 0 radical (unpaired) electrons. The Hall–Kier alpha value is -0.630. The molecule has 23 heavy (non-hydrogen) atoms. The van der Waals surface area contributed by atoms with E-state index < -0.39 is 0 Å². The molecular formula is C21H31NO. The van der Waals surface area contributed by atoms with Gasteiger partial charge in [-0.3, -0.25) is 0 Å². The molecule has 1 aliphatic heterocycles. The van der Waals surface area contributed by atoms with Crippen molar-refractivity contribution in [3.8, 4) is 0 Å². The molecular weight excluding hydrogens is 282 g/mol. The lowest BCUT2D eigenvalue weighted by molar-refractivity contribution is -0.126. The molecule has 3 saturated carbocycles. The van der Waals surface area contributed by atoms with E-state index in [-0.39, 0.29) is 5.60 Å². The Morgan fingerprint density at radius 3 is 2.78 bits per heavy atom. The van der Waals surface area contributed by atoms with E-state index in [2.05, 4.69) is 13.0 Å². The van der Waals surface area contributed by atoms with Crippen LogP contribution in [0.3, 0.4) is 0 Å². The summed E-state index contributed by atoms with van der Waals surface area (Å²) in [5, 5.41) is 8.01. The molecule has 1 heterocycles. The second-order valence-electron chi connectivity index (χ2n) is 9.30. The second-order valence-corrected chi connectivity index (χ2v) is 9.30. The van der Waals surface area contributed by atoms with Crippen LogP contribution in [0.15, 0.2) is 11.6 Å². The topological polar surface area (TPSA) is 33.1 Å². The largest absolute Gasteiger partial charge is 0.374 e. The monoisotopic (exact) mass is 313 g/mol. The van der Waals surface area contributed by atoms with Crippen molar-refractivity contribution in [1.29, 1.82) is 5.41 Å². The fraction of sp³-hybridized carbons (Fsp3) is 0.857. The SMILES string of the molecule is C[C@]12CCC3C(CCC4=CC(=N)CC[C@@H]43)C1CC[C@@]21CCCO1. The molecule has 1 saturated heterocycles. The number of hydrogen-bond acceptors (Lipinski definition) is 2. The van der Waals surface area contributed by atoms with Gasteiger partial charge in [0.25, 0.3) is 0 Å². The zero-order valence-electron chi connectivity index (χ0n) is 14.6. The average Bonchev–Trinajstić information content (AvgIpc) is 3.14. The van der Waals surface area contributed by atoms with Gasteiger partial charge in [-0.05, 0) is 99.4 Å². The smallest absolute Gasteiger partial charge is 0.0739 e. The average molecular weight is 313 g/mol. The normalized spacial score (nSPS) is 52.0. The maximum Gasteiger partial charge on any atom is 0.0739 e. The fourth-order valence-electron chi connectivity index (χ4n) is 7.65. The summed E-state index contributed by atoms with van der Waals surface area (Å²) in [6.45, 7) is 3.60. The van der Waals surface area contributed by atoms with Crippen LogP contribution in [0.2, 0.25) is 0 Å². The van der Waals surface area contributed by atoms with Gasteiger partial charge in [-0.25, -0.2) is 0 Å². The molecule has 2 nitrogen and oxygen atoms in total.